The zero-order chi connectivity index (χ0) is 19.0. The molecule has 3 aliphatic rings. The summed E-state index contributed by atoms with van der Waals surface area (Å²) in [6.07, 6.45) is 1.38. The number of likely N-dealkylation sites (tertiary alicyclic amines) is 1. The third-order valence-electron chi connectivity index (χ3n) is 6.48. The van der Waals surface area contributed by atoms with Crippen molar-refractivity contribution in [1.82, 2.24) is 15.1 Å². The number of benzene rings is 1. The van der Waals surface area contributed by atoms with E-state index in [1.54, 1.807) is 0 Å². The first-order valence-corrected chi connectivity index (χ1v) is 10.1. The van der Waals surface area contributed by atoms with E-state index < -0.39 is 0 Å². The van der Waals surface area contributed by atoms with Gasteiger partial charge in [-0.2, -0.15) is 0 Å². The van der Waals surface area contributed by atoms with Gasteiger partial charge in [-0.25, -0.2) is 0 Å². The van der Waals surface area contributed by atoms with E-state index in [-0.39, 0.29) is 17.7 Å². The number of nitrogens with zero attached hydrogens (tertiary/aromatic N) is 3. The van der Waals surface area contributed by atoms with Crippen molar-refractivity contribution in [3.63, 3.8) is 0 Å². The highest BCUT2D eigenvalue weighted by molar-refractivity contribution is 6.01. The maximum absolute atomic E-state index is 13.1. The molecule has 2 amide bonds. The summed E-state index contributed by atoms with van der Waals surface area (Å²) in [7, 11) is 0. The molecule has 6 nitrogen and oxygen atoms in total. The van der Waals surface area contributed by atoms with Crippen LogP contribution in [0.15, 0.2) is 18.2 Å². The molecule has 1 N–H and O–H groups in total. The number of nitrogens with one attached hydrogen (secondary N) is 1. The molecule has 0 saturated carbocycles. The smallest absolute Gasteiger partial charge is 0.228 e. The summed E-state index contributed by atoms with van der Waals surface area (Å²) < 4.78 is 0. The first-order chi connectivity index (χ1) is 13.0. The van der Waals surface area contributed by atoms with E-state index in [0.29, 0.717) is 19.0 Å². The van der Waals surface area contributed by atoms with Crippen LogP contribution in [0.2, 0.25) is 0 Å². The lowest BCUT2D eigenvalue weighted by Crippen LogP contribution is -2.49. The molecular weight excluding hydrogens is 340 g/mol. The van der Waals surface area contributed by atoms with Gasteiger partial charge in [0.2, 0.25) is 11.8 Å². The van der Waals surface area contributed by atoms with Gasteiger partial charge in [0, 0.05) is 64.0 Å². The summed E-state index contributed by atoms with van der Waals surface area (Å²) >= 11 is 0. The first-order valence-electron chi connectivity index (χ1n) is 10.1. The second kappa shape index (κ2) is 7.60. The van der Waals surface area contributed by atoms with Crippen LogP contribution in [-0.2, 0) is 9.59 Å². The van der Waals surface area contributed by atoms with Crippen molar-refractivity contribution in [2.45, 2.75) is 32.7 Å². The fourth-order valence-corrected chi connectivity index (χ4v) is 4.68. The monoisotopic (exact) mass is 370 g/mol. The minimum Gasteiger partial charge on any atom is -0.341 e. The SMILES string of the molecule is Cc1cccc(N2CC(C(=O)N3CCC(N4CCNCC4)C3)CC2=O)c1C. The number of hydrogen-bond acceptors (Lipinski definition) is 4. The molecular formula is C21H30N4O2. The molecule has 0 bridgehead atoms. The number of aryl methyl sites for hydroxylation is 1. The highest BCUT2D eigenvalue weighted by atomic mass is 16.2. The third kappa shape index (κ3) is 3.60. The number of hydrogen-bond donors (Lipinski definition) is 1. The molecule has 27 heavy (non-hydrogen) atoms. The fourth-order valence-electron chi connectivity index (χ4n) is 4.68. The zero-order valence-electron chi connectivity index (χ0n) is 16.4. The van der Waals surface area contributed by atoms with Gasteiger partial charge in [-0.1, -0.05) is 12.1 Å². The molecule has 3 heterocycles. The van der Waals surface area contributed by atoms with Crippen LogP contribution < -0.4 is 10.2 Å². The van der Waals surface area contributed by atoms with Gasteiger partial charge < -0.3 is 15.1 Å². The quantitative estimate of drug-likeness (QED) is 0.868. The molecule has 146 valence electrons. The largest absolute Gasteiger partial charge is 0.341 e. The van der Waals surface area contributed by atoms with Crippen molar-refractivity contribution in [1.29, 1.82) is 0 Å². The normalized spacial score (nSPS) is 26.8. The molecule has 0 aliphatic carbocycles. The Kier molecular flexibility index (Phi) is 5.19. The van der Waals surface area contributed by atoms with Crippen LogP contribution in [-0.4, -0.2) is 73.5 Å². The van der Waals surface area contributed by atoms with Gasteiger partial charge in [-0.3, -0.25) is 14.5 Å². The highest BCUT2D eigenvalue weighted by Crippen LogP contribution is 2.31. The molecule has 1 aromatic carbocycles. The Balaban J connectivity index is 1.40. The van der Waals surface area contributed by atoms with Gasteiger partial charge in [0.15, 0.2) is 0 Å². The molecule has 3 saturated heterocycles. The topological polar surface area (TPSA) is 55.9 Å². The first kappa shape index (κ1) is 18.4. The van der Waals surface area contributed by atoms with E-state index in [4.69, 9.17) is 0 Å². The number of piperazine rings is 1. The van der Waals surface area contributed by atoms with Crippen molar-refractivity contribution in [2.24, 2.45) is 5.92 Å². The minimum atomic E-state index is -0.209. The highest BCUT2D eigenvalue weighted by Gasteiger charge is 2.40. The van der Waals surface area contributed by atoms with Crippen molar-refractivity contribution in [3.8, 4) is 0 Å². The van der Waals surface area contributed by atoms with Crippen LogP contribution in [0.3, 0.4) is 0 Å². The van der Waals surface area contributed by atoms with Crippen molar-refractivity contribution >= 4 is 17.5 Å². The van der Waals surface area contributed by atoms with Crippen LogP contribution in [0, 0.1) is 19.8 Å². The Labute approximate surface area is 161 Å². The van der Waals surface area contributed by atoms with E-state index in [0.717, 1.165) is 56.9 Å². The Morgan fingerprint density at radius 2 is 1.89 bits per heavy atom. The van der Waals surface area contributed by atoms with Gasteiger partial charge >= 0.3 is 0 Å². The molecule has 2 unspecified atom stereocenters. The van der Waals surface area contributed by atoms with Gasteiger partial charge in [0.1, 0.15) is 0 Å². The average molecular weight is 370 g/mol. The van der Waals surface area contributed by atoms with Gasteiger partial charge in [0.25, 0.3) is 0 Å². The Bertz CT molecular complexity index is 729. The molecule has 0 spiro atoms. The third-order valence-corrected chi connectivity index (χ3v) is 6.48. The average Bonchev–Trinajstić information content (AvgIpc) is 3.31. The Morgan fingerprint density at radius 3 is 2.67 bits per heavy atom. The number of carbonyl (C=O) groups excluding carboxylic acids is 2. The summed E-state index contributed by atoms with van der Waals surface area (Å²) in [5, 5.41) is 3.39. The van der Waals surface area contributed by atoms with E-state index in [1.807, 2.05) is 28.9 Å². The maximum Gasteiger partial charge on any atom is 0.228 e. The molecule has 6 heteroatoms. The second-order valence-electron chi connectivity index (χ2n) is 8.14. The lowest BCUT2D eigenvalue weighted by molar-refractivity contribution is -0.135. The second-order valence-corrected chi connectivity index (χ2v) is 8.14. The standard InChI is InChI=1S/C21H30N4O2/c1-15-4-3-5-19(16(15)2)25-13-17(12-20(25)26)21(27)24-9-6-18(14-24)23-10-7-22-8-11-23/h3-5,17-18,22H,6-14H2,1-2H3. The van der Waals surface area contributed by atoms with Gasteiger partial charge in [-0.05, 0) is 37.5 Å². The summed E-state index contributed by atoms with van der Waals surface area (Å²) in [6, 6.07) is 6.51. The number of anilines is 1. The molecule has 0 aromatic heterocycles. The minimum absolute atomic E-state index is 0.0694. The number of amides is 2. The van der Waals surface area contributed by atoms with Crippen molar-refractivity contribution < 1.29 is 9.59 Å². The van der Waals surface area contributed by atoms with Crippen molar-refractivity contribution in [2.75, 3.05) is 50.7 Å². The molecule has 3 aliphatic heterocycles. The predicted octanol–water partition coefficient (Wildman–Crippen LogP) is 1.16. The molecule has 4 rings (SSSR count). The van der Waals surface area contributed by atoms with Crippen LogP contribution in [0.4, 0.5) is 5.69 Å². The van der Waals surface area contributed by atoms with E-state index in [9.17, 15) is 9.59 Å². The molecule has 3 fully saturated rings. The van der Waals surface area contributed by atoms with Crippen molar-refractivity contribution in [3.05, 3.63) is 29.3 Å². The lowest BCUT2D eigenvalue weighted by atomic mass is 10.1. The van der Waals surface area contributed by atoms with Crippen LogP contribution in [0.1, 0.15) is 24.0 Å². The summed E-state index contributed by atoms with van der Waals surface area (Å²) in [5.41, 5.74) is 3.25. The van der Waals surface area contributed by atoms with E-state index in [1.165, 1.54) is 5.56 Å². The Hall–Kier alpha value is -1.92. The molecule has 2 atom stereocenters. The van der Waals surface area contributed by atoms with Crippen LogP contribution in [0.5, 0.6) is 0 Å². The molecule has 0 radical (unpaired) electrons. The molecule has 1 aromatic rings. The Morgan fingerprint density at radius 1 is 1.11 bits per heavy atom. The zero-order valence-corrected chi connectivity index (χ0v) is 16.4. The summed E-state index contributed by atoms with van der Waals surface area (Å²) in [5.74, 6) is 0.0212. The fraction of sp³-hybridized carbons (Fsp3) is 0.619. The number of rotatable bonds is 3. The maximum atomic E-state index is 13.1. The van der Waals surface area contributed by atoms with Crippen LogP contribution in [0.25, 0.3) is 0 Å². The van der Waals surface area contributed by atoms with E-state index >= 15 is 0 Å². The van der Waals surface area contributed by atoms with Crippen LogP contribution >= 0.6 is 0 Å². The van der Waals surface area contributed by atoms with Gasteiger partial charge in [0.05, 0.1) is 5.92 Å². The van der Waals surface area contributed by atoms with Gasteiger partial charge in [-0.15, -0.1) is 0 Å². The van der Waals surface area contributed by atoms with E-state index in [2.05, 4.69) is 23.2 Å². The predicted molar refractivity (Wildman–Crippen MR) is 106 cm³/mol. The summed E-state index contributed by atoms with van der Waals surface area (Å²) in [4.78, 5) is 32.0. The number of carbonyl (C=O) groups is 2. The summed E-state index contributed by atoms with van der Waals surface area (Å²) in [6.45, 7) is 10.4. The lowest BCUT2D eigenvalue weighted by Gasteiger charge is -2.32.